The van der Waals surface area contributed by atoms with E-state index in [0.717, 1.165) is 24.4 Å². The van der Waals surface area contributed by atoms with E-state index in [4.69, 9.17) is 15.2 Å². The maximum atomic E-state index is 10.6. The summed E-state index contributed by atoms with van der Waals surface area (Å²) < 4.78 is 31.7. The second-order valence-corrected chi connectivity index (χ2v) is 4.85. The highest BCUT2D eigenvalue weighted by Crippen LogP contribution is 2.26. The van der Waals surface area contributed by atoms with Gasteiger partial charge >= 0.3 is 12.1 Å². The fraction of sp³-hybridized carbons (Fsp3) is 0.333. The number of rotatable bonds is 1. The van der Waals surface area contributed by atoms with Crippen molar-refractivity contribution in [3.05, 3.63) is 28.0 Å². The van der Waals surface area contributed by atoms with Crippen molar-refractivity contribution in [1.82, 2.24) is 5.32 Å². The molecule has 2 heterocycles. The lowest BCUT2D eigenvalue weighted by Crippen LogP contribution is -2.21. The first-order valence-electron chi connectivity index (χ1n) is 5.54. The Labute approximate surface area is 117 Å². The van der Waals surface area contributed by atoms with Crippen molar-refractivity contribution in [3.8, 4) is 6.07 Å². The Morgan fingerprint density at radius 3 is 2.50 bits per heavy atom. The molecule has 0 saturated heterocycles. The van der Waals surface area contributed by atoms with Gasteiger partial charge in [0.2, 0.25) is 0 Å². The minimum Gasteiger partial charge on any atom is -0.475 e. The molecule has 0 atom stereocenters. The van der Waals surface area contributed by atoms with Crippen LogP contribution in [0, 0.1) is 11.3 Å². The molecule has 1 aliphatic heterocycles. The van der Waals surface area contributed by atoms with Crippen molar-refractivity contribution in [2.24, 2.45) is 0 Å². The third-order valence-corrected chi connectivity index (χ3v) is 3.40. The Morgan fingerprint density at radius 2 is 2.10 bits per heavy atom. The normalized spacial score (nSPS) is 14.6. The number of thiophene rings is 1. The van der Waals surface area contributed by atoms with Crippen LogP contribution in [0.15, 0.2) is 18.2 Å². The lowest BCUT2D eigenvalue weighted by Gasteiger charge is -2.11. The van der Waals surface area contributed by atoms with Crippen molar-refractivity contribution in [2.45, 2.75) is 12.6 Å². The van der Waals surface area contributed by atoms with E-state index in [9.17, 15) is 13.2 Å². The van der Waals surface area contributed by atoms with E-state index < -0.39 is 12.1 Å². The summed E-state index contributed by atoms with van der Waals surface area (Å²) in [5, 5.41) is 19.1. The zero-order chi connectivity index (χ0) is 15.2. The summed E-state index contributed by atoms with van der Waals surface area (Å²) in [7, 11) is 0. The number of nitrogens with zero attached hydrogens (tertiary/aromatic N) is 1. The molecule has 2 N–H and O–H groups in total. The van der Waals surface area contributed by atoms with Gasteiger partial charge in [-0.1, -0.05) is 6.08 Å². The van der Waals surface area contributed by atoms with Gasteiger partial charge in [0.1, 0.15) is 10.9 Å². The van der Waals surface area contributed by atoms with Crippen LogP contribution in [0.1, 0.15) is 16.2 Å². The Hall–Kier alpha value is -1.85. The number of nitrogens with one attached hydrogen (secondary N) is 1. The quantitative estimate of drug-likeness (QED) is 0.836. The van der Waals surface area contributed by atoms with E-state index in [1.54, 1.807) is 11.3 Å². The lowest BCUT2D eigenvalue weighted by molar-refractivity contribution is -0.192. The molecule has 0 aliphatic carbocycles. The van der Waals surface area contributed by atoms with Crippen molar-refractivity contribution < 1.29 is 23.1 Å². The number of halogens is 3. The van der Waals surface area contributed by atoms with E-state index in [-0.39, 0.29) is 0 Å². The van der Waals surface area contributed by atoms with Gasteiger partial charge in [-0.15, -0.1) is 11.3 Å². The van der Waals surface area contributed by atoms with E-state index >= 15 is 0 Å². The highest BCUT2D eigenvalue weighted by Gasteiger charge is 2.38. The highest BCUT2D eigenvalue weighted by molar-refractivity contribution is 7.13. The molecular weight excluding hydrogens is 293 g/mol. The number of hydrogen-bond donors (Lipinski definition) is 2. The first-order valence-corrected chi connectivity index (χ1v) is 6.36. The Kier molecular flexibility index (Phi) is 5.73. The second-order valence-electron chi connectivity index (χ2n) is 3.76. The van der Waals surface area contributed by atoms with Crippen LogP contribution >= 0.6 is 11.3 Å². The van der Waals surface area contributed by atoms with Crippen LogP contribution in [0.3, 0.4) is 0 Å². The molecule has 1 aromatic rings. The Balaban J connectivity index is 0.000000246. The number of alkyl halides is 3. The van der Waals surface area contributed by atoms with Gasteiger partial charge in [-0.25, -0.2) is 4.79 Å². The third kappa shape index (κ3) is 5.03. The zero-order valence-corrected chi connectivity index (χ0v) is 11.0. The van der Waals surface area contributed by atoms with Gasteiger partial charge in [0.15, 0.2) is 0 Å². The molecule has 0 spiro atoms. The lowest BCUT2D eigenvalue weighted by atomic mass is 10.1. The van der Waals surface area contributed by atoms with Crippen molar-refractivity contribution in [3.63, 3.8) is 0 Å². The minimum atomic E-state index is -5.08. The second kappa shape index (κ2) is 7.07. The summed E-state index contributed by atoms with van der Waals surface area (Å²) in [4.78, 5) is 10.9. The molecule has 0 saturated carbocycles. The molecule has 0 fully saturated rings. The van der Waals surface area contributed by atoms with Gasteiger partial charge in [0.25, 0.3) is 0 Å². The fourth-order valence-electron chi connectivity index (χ4n) is 1.42. The van der Waals surface area contributed by atoms with Crippen LogP contribution in [0.4, 0.5) is 13.2 Å². The van der Waals surface area contributed by atoms with Crippen LogP contribution in [0.5, 0.6) is 0 Å². The van der Waals surface area contributed by atoms with E-state index in [1.807, 2.05) is 12.1 Å². The van der Waals surface area contributed by atoms with Gasteiger partial charge in [0.05, 0.1) is 0 Å². The molecule has 0 unspecified atom stereocenters. The molecule has 0 aromatic carbocycles. The third-order valence-electron chi connectivity index (χ3n) is 2.34. The molecule has 2 rings (SSSR count). The van der Waals surface area contributed by atoms with Gasteiger partial charge in [-0.05, 0) is 30.7 Å². The molecule has 1 aliphatic rings. The molecule has 0 amide bonds. The highest BCUT2D eigenvalue weighted by atomic mass is 32.1. The molecule has 1 aromatic heterocycles. The van der Waals surface area contributed by atoms with Gasteiger partial charge in [-0.2, -0.15) is 18.4 Å². The van der Waals surface area contributed by atoms with Gasteiger partial charge in [0, 0.05) is 11.4 Å². The molecule has 4 nitrogen and oxygen atoms in total. The smallest absolute Gasteiger partial charge is 0.475 e. The average Bonchev–Trinajstić information content (AvgIpc) is 2.88. The standard InChI is InChI=1S/C10H10N2S.C2HF3O2/c11-7-9-1-2-10(13-9)8-3-5-12-6-4-8;3-2(4,5)1(6)7/h1-3,12H,4-6H2;(H,6,7). The van der Waals surface area contributed by atoms with Crippen molar-refractivity contribution >= 4 is 22.9 Å². The Bertz CT molecular complexity index is 544. The van der Waals surface area contributed by atoms with Crippen molar-refractivity contribution in [1.29, 1.82) is 5.26 Å². The summed E-state index contributed by atoms with van der Waals surface area (Å²) in [5.74, 6) is -2.76. The minimum absolute atomic E-state index is 0.800. The number of carboxylic acids is 1. The van der Waals surface area contributed by atoms with E-state index in [1.165, 1.54) is 10.5 Å². The van der Waals surface area contributed by atoms with Crippen LogP contribution in [0.25, 0.3) is 5.57 Å². The van der Waals surface area contributed by atoms with Crippen LogP contribution in [-0.4, -0.2) is 30.3 Å². The molecule has 0 radical (unpaired) electrons. The molecule has 8 heteroatoms. The summed E-state index contributed by atoms with van der Waals surface area (Å²) in [6.45, 7) is 2.00. The van der Waals surface area contributed by atoms with Gasteiger partial charge < -0.3 is 10.4 Å². The zero-order valence-electron chi connectivity index (χ0n) is 10.2. The van der Waals surface area contributed by atoms with Crippen molar-refractivity contribution in [2.75, 3.05) is 13.1 Å². The number of carboxylic acid groups (broad SMARTS) is 1. The molecule has 0 bridgehead atoms. The fourth-order valence-corrected chi connectivity index (χ4v) is 2.29. The number of aliphatic carboxylic acids is 1. The summed E-state index contributed by atoms with van der Waals surface area (Å²) >= 11 is 1.58. The molecule has 108 valence electrons. The maximum absolute atomic E-state index is 10.6. The average molecular weight is 304 g/mol. The first kappa shape index (κ1) is 16.2. The maximum Gasteiger partial charge on any atom is 0.490 e. The summed E-state index contributed by atoms with van der Waals surface area (Å²) in [6, 6.07) is 6.10. The Morgan fingerprint density at radius 1 is 1.45 bits per heavy atom. The molecular formula is C12H11F3N2O2S. The SMILES string of the molecule is N#Cc1ccc(C2=CCNCC2)s1.O=C(O)C(F)(F)F. The largest absolute Gasteiger partial charge is 0.490 e. The van der Waals surface area contributed by atoms with Crippen LogP contribution in [0.2, 0.25) is 0 Å². The number of hydrogen-bond acceptors (Lipinski definition) is 4. The predicted molar refractivity (Wildman–Crippen MR) is 68.2 cm³/mol. The van der Waals surface area contributed by atoms with E-state index in [0.29, 0.717) is 0 Å². The van der Waals surface area contributed by atoms with Crippen LogP contribution in [-0.2, 0) is 4.79 Å². The first-order chi connectivity index (χ1) is 9.34. The number of carbonyl (C=O) groups is 1. The summed E-state index contributed by atoms with van der Waals surface area (Å²) in [6.07, 6.45) is -1.80. The predicted octanol–water partition coefficient (Wildman–Crippen LogP) is 2.63. The van der Waals surface area contributed by atoms with Gasteiger partial charge in [-0.3, -0.25) is 0 Å². The summed E-state index contributed by atoms with van der Waals surface area (Å²) in [5.41, 5.74) is 1.38. The molecule has 20 heavy (non-hydrogen) atoms. The number of nitriles is 1. The topological polar surface area (TPSA) is 73.1 Å². The van der Waals surface area contributed by atoms with Crippen LogP contribution < -0.4 is 5.32 Å². The van der Waals surface area contributed by atoms with E-state index in [2.05, 4.69) is 17.5 Å². The monoisotopic (exact) mass is 304 g/mol.